The fourth-order valence-corrected chi connectivity index (χ4v) is 1.96. The number of carbonyl (C=O) groups is 2. The molecule has 0 fully saturated rings. The molecule has 0 saturated heterocycles. The number of nitrogens with zero attached hydrogens (tertiary/aromatic N) is 1. The highest BCUT2D eigenvalue weighted by Gasteiger charge is 2.14. The molecular weight excluding hydrogens is 268 g/mol. The van der Waals surface area contributed by atoms with Crippen molar-refractivity contribution in [2.24, 2.45) is 5.73 Å². The van der Waals surface area contributed by atoms with E-state index in [4.69, 9.17) is 10.2 Å². The molecule has 2 rings (SSSR count). The molecule has 4 N–H and O–H groups in total. The first-order chi connectivity index (χ1) is 9.20. The summed E-state index contributed by atoms with van der Waals surface area (Å²) in [5.74, 6) is -0.544. The minimum absolute atomic E-state index is 0.185. The molecule has 0 aliphatic heterocycles. The SMILES string of the molecule is NCCNC(=O)c1csc(NC(=O)c2ccco2)n1. The lowest BCUT2D eigenvalue weighted by Crippen LogP contribution is -2.29. The third-order valence-electron chi connectivity index (χ3n) is 2.13. The van der Waals surface area contributed by atoms with Gasteiger partial charge >= 0.3 is 0 Å². The predicted molar refractivity (Wildman–Crippen MR) is 70.2 cm³/mol. The summed E-state index contributed by atoms with van der Waals surface area (Å²) in [4.78, 5) is 27.3. The van der Waals surface area contributed by atoms with Gasteiger partial charge in [0.1, 0.15) is 5.69 Å². The van der Waals surface area contributed by atoms with E-state index in [-0.39, 0.29) is 17.4 Å². The Morgan fingerprint density at radius 2 is 2.26 bits per heavy atom. The maximum absolute atomic E-state index is 11.7. The molecule has 0 aromatic carbocycles. The van der Waals surface area contributed by atoms with Gasteiger partial charge in [0.2, 0.25) is 0 Å². The number of furan rings is 1. The van der Waals surface area contributed by atoms with E-state index in [0.29, 0.717) is 18.2 Å². The molecule has 0 saturated carbocycles. The monoisotopic (exact) mass is 280 g/mol. The Morgan fingerprint density at radius 3 is 2.95 bits per heavy atom. The summed E-state index contributed by atoms with van der Waals surface area (Å²) >= 11 is 1.16. The number of hydrogen-bond acceptors (Lipinski definition) is 6. The van der Waals surface area contributed by atoms with Crippen molar-refractivity contribution < 1.29 is 14.0 Å². The van der Waals surface area contributed by atoms with E-state index >= 15 is 0 Å². The van der Waals surface area contributed by atoms with Gasteiger partial charge in [-0.1, -0.05) is 0 Å². The van der Waals surface area contributed by atoms with Crippen LogP contribution in [0.5, 0.6) is 0 Å². The number of aromatic nitrogens is 1. The highest BCUT2D eigenvalue weighted by Crippen LogP contribution is 2.16. The first-order valence-electron chi connectivity index (χ1n) is 5.49. The predicted octanol–water partition coefficient (Wildman–Crippen LogP) is 0.677. The van der Waals surface area contributed by atoms with Gasteiger partial charge in [-0.25, -0.2) is 4.98 Å². The summed E-state index contributed by atoms with van der Waals surface area (Å²) in [6.45, 7) is 0.739. The summed E-state index contributed by atoms with van der Waals surface area (Å²) in [6.07, 6.45) is 1.41. The largest absolute Gasteiger partial charge is 0.459 e. The van der Waals surface area contributed by atoms with E-state index in [1.54, 1.807) is 11.4 Å². The molecule has 0 bridgehead atoms. The number of anilines is 1. The van der Waals surface area contributed by atoms with E-state index < -0.39 is 5.91 Å². The lowest BCUT2D eigenvalue weighted by Gasteiger charge is -1.99. The highest BCUT2D eigenvalue weighted by atomic mass is 32.1. The molecule has 0 radical (unpaired) electrons. The van der Waals surface area contributed by atoms with Crippen LogP contribution in [0.4, 0.5) is 5.13 Å². The van der Waals surface area contributed by atoms with Crippen LogP contribution in [-0.4, -0.2) is 29.9 Å². The van der Waals surface area contributed by atoms with Gasteiger partial charge in [0, 0.05) is 18.5 Å². The average Bonchev–Trinajstić information content (AvgIpc) is 3.06. The number of carbonyl (C=O) groups excluding carboxylic acids is 2. The second-order valence-corrected chi connectivity index (χ2v) is 4.37. The van der Waals surface area contributed by atoms with E-state index in [1.807, 2.05) is 0 Å². The smallest absolute Gasteiger partial charge is 0.293 e. The zero-order valence-electron chi connectivity index (χ0n) is 9.88. The van der Waals surface area contributed by atoms with Crippen LogP contribution >= 0.6 is 11.3 Å². The quantitative estimate of drug-likeness (QED) is 0.745. The Labute approximate surface area is 112 Å². The summed E-state index contributed by atoms with van der Waals surface area (Å²) in [5, 5.41) is 7.03. The third kappa shape index (κ3) is 3.39. The van der Waals surface area contributed by atoms with Crippen molar-refractivity contribution in [3.63, 3.8) is 0 Å². The second kappa shape index (κ2) is 6.12. The van der Waals surface area contributed by atoms with Gasteiger partial charge in [-0.05, 0) is 12.1 Å². The molecule has 0 aliphatic rings. The van der Waals surface area contributed by atoms with E-state index in [0.717, 1.165) is 11.3 Å². The number of hydrogen-bond donors (Lipinski definition) is 3. The number of rotatable bonds is 5. The van der Waals surface area contributed by atoms with Crippen LogP contribution < -0.4 is 16.4 Å². The van der Waals surface area contributed by atoms with E-state index in [9.17, 15) is 9.59 Å². The van der Waals surface area contributed by atoms with Gasteiger partial charge in [-0.2, -0.15) is 0 Å². The van der Waals surface area contributed by atoms with Crippen molar-refractivity contribution in [3.05, 3.63) is 35.2 Å². The molecule has 0 spiro atoms. The van der Waals surface area contributed by atoms with Gasteiger partial charge < -0.3 is 15.5 Å². The Bertz CT molecular complexity index is 564. The second-order valence-electron chi connectivity index (χ2n) is 3.51. The molecule has 0 aliphatic carbocycles. The topological polar surface area (TPSA) is 110 Å². The Morgan fingerprint density at radius 1 is 1.42 bits per heavy atom. The molecule has 100 valence electrons. The van der Waals surface area contributed by atoms with Crippen molar-refractivity contribution in [1.29, 1.82) is 0 Å². The minimum Gasteiger partial charge on any atom is -0.459 e. The van der Waals surface area contributed by atoms with Crippen molar-refractivity contribution in [1.82, 2.24) is 10.3 Å². The van der Waals surface area contributed by atoms with Gasteiger partial charge in [-0.3, -0.25) is 14.9 Å². The standard InChI is InChI=1S/C11H12N4O3S/c12-3-4-13-9(16)7-6-19-11(14-7)15-10(17)8-2-1-5-18-8/h1-2,5-6H,3-4,12H2,(H,13,16)(H,14,15,17). The van der Waals surface area contributed by atoms with Crippen molar-refractivity contribution >= 4 is 28.3 Å². The Kier molecular flexibility index (Phi) is 4.26. The Balaban J connectivity index is 1.97. The van der Waals surface area contributed by atoms with Crippen molar-refractivity contribution in [2.75, 3.05) is 18.4 Å². The first-order valence-corrected chi connectivity index (χ1v) is 6.37. The van der Waals surface area contributed by atoms with Gasteiger partial charge in [0.25, 0.3) is 11.8 Å². The van der Waals surface area contributed by atoms with Gasteiger partial charge in [0.05, 0.1) is 6.26 Å². The molecule has 0 atom stereocenters. The van der Waals surface area contributed by atoms with Crippen LogP contribution in [-0.2, 0) is 0 Å². The van der Waals surface area contributed by atoms with Crippen molar-refractivity contribution in [2.45, 2.75) is 0 Å². The van der Waals surface area contributed by atoms with Crippen molar-refractivity contribution in [3.8, 4) is 0 Å². The van der Waals surface area contributed by atoms with Crippen LogP contribution in [0.1, 0.15) is 21.0 Å². The van der Waals surface area contributed by atoms with Crippen LogP contribution in [0.25, 0.3) is 0 Å². The summed E-state index contributed by atoms with van der Waals surface area (Å²) in [7, 11) is 0. The fourth-order valence-electron chi connectivity index (χ4n) is 1.28. The normalized spacial score (nSPS) is 10.2. The average molecular weight is 280 g/mol. The van der Waals surface area contributed by atoms with Crippen LogP contribution in [0, 0.1) is 0 Å². The Hall–Kier alpha value is -2.19. The number of amides is 2. The first kappa shape index (κ1) is 13.2. The number of nitrogens with two attached hydrogens (primary N) is 1. The maximum Gasteiger partial charge on any atom is 0.293 e. The number of nitrogens with one attached hydrogen (secondary N) is 2. The lowest BCUT2D eigenvalue weighted by molar-refractivity contribution is 0.0948. The van der Waals surface area contributed by atoms with Gasteiger partial charge in [-0.15, -0.1) is 11.3 Å². The van der Waals surface area contributed by atoms with E-state index in [2.05, 4.69) is 15.6 Å². The summed E-state index contributed by atoms with van der Waals surface area (Å²) in [6, 6.07) is 3.15. The highest BCUT2D eigenvalue weighted by molar-refractivity contribution is 7.14. The molecule has 0 unspecified atom stereocenters. The molecule has 2 heterocycles. The zero-order valence-corrected chi connectivity index (χ0v) is 10.7. The summed E-state index contributed by atoms with van der Waals surface area (Å²) < 4.78 is 4.95. The van der Waals surface area contributed by atoms with E-state index in [1.165, 1.54) is 12.3 Å². The molecular formula is C11H12N4O3S. The van der Waals surface area contributed by atoms with Crippen LogP contribution in [0.3, 0.4) is 0 Å². The molecule has 8 heteroatoms. The maximum atomic E-state index is 11.7. The molecule has 7 nitrogen and oxygen atoms in total. The molecule has 2 amide bonds. The summed E-state index contributed by atoms with van der Waals surface area (Å²) in [5.41, 5.74) is 5.52. The van der Waals surface area contributed by atoms with Crippen LogP contribution in [0.15, 0.2) is 28.2 Å². The number of thiazole rings is 1. The third-order valence-corrected chi connectivity index (χ3v) is 2.89. The van der Waals surface area contributed by atoms with Gasteiger partial charge in [0.15, 0.2) is 10.9 Å². The zero-order chi connectivity index (χ0) is 13.7. The molecule has 2 aromatic heterocycles. The van der Waals surface area contributed by atoms with Crippen LogP contribution in [0.2, 0.25) is 0 Å². The minimum atomic E-state index is -0.409. The molecule has 19 heavy (non-hydrogen) atoms. The lowest BCUT2D eigenvalue weighted by atomic mass is 10.4. The fraction of sp³-hybridized carbons (Fsp3) is 0.182. The molecule has 2 aromatic rings.